The van der Waals surface area contributed by atoms with E-state index >= 15 is 0 Å². The van der Waals surface area contributed by atoms with E-state index in [1.807, 2.05) is 25.7 Å². The van der Waals surface area contributed by atoms with Crippen molar-refractivity contribution < 1.29 is 4.58 Å². The molecule has 0 saturated heterocycles. The molecule has 6 aromatic carbocycles. The van der Waals surface area contributed by atoms with Gasteiger partial charge in [-0.2, -0.15) is 0 Å². The summed E-state index contributed by atoms with van der Waals surface area (Å²) in [6.07, 6.45) is 0. The van der Waals surface area contributed by atoms with E-state index in [9.17, 15) is 0 Å². The predicted molar refractivity (Wildman–Crippen MR) is 266 cm³/mol. The summed E-state index contributed by atoms with van der Waals surface area (Å²) < 4.78 is 4.09. The lowest BCUT2D eigenvalue weighted by molar-refractivity contribution is -0.367. The molecule has 0 spiro atoms. The first kappa shape index (κ1) is 42.4. The number of aliphatic imine (C=N–C) groups is 4. The van der Waals surface area contributed by atoms with Crippen LogP contribution in [0.15, 0.2) is 20.0 Å². The fourth-order valence-electron chi connectivity index (χ4n) is 11.7. The van der Waals surface area contributed by atoms with Crippen LogP contribution >= 0.6 is 0 Å². The van der Waals surface area contributed by atoms with Gasteiger partial charge in [-0.3, -0.25) is 0 Å². The van der Waals surface area contributed by atoms with E-state index in [2.05, 4.69) is 155 Å². The van der Waals surface area contributed by atoms with Gasteiger partial charge in [0, 0.05) is 17.8 Å². The average Bonchev–Trinajstić information content (AvgIpc) is 3.69. The molecule has 0 unspecified atom stereocenters. The van der Waals surface area contributed by atoms with Crippen molar-refractivity contribution in [1.82, 2.24) is 4.57 Å². The van der Waals surface area contributed by atoms with Gasteiger partial charge in [-0.05, 0) is 256 Å². The number of hydrogen-bond donors (Lipinski definition) is 0. The second-order valence-electron chi connectivity index (χ2n) is 17.6. The van der Waals surface area contributed by atoms with Crippen LogP contribution < -0.4 is 0 Å². The van der Waals surface area contributed by atoms with E-state index in [1.165, 1.54) is 143 Å². The van der Waals surface area contributed by atoms with E-state index in [4.69, 9.17) is 0 Å². The largest absolute Gasteiger partial charge is 0.313 e. The molecule has 0 radical (unpaired) electrons. The number of benzene rings is 6. The highest BCUT2D eigenvalue weighted by Gasteiger charge is 2.36. The molecule has 60 heavy (non-hydrogen) atoms. The topological polar surface area (TPSA) is 57.4 Å². The molecule has 0 aliphatic carbocycles. The Morgan fingerprint density at radius 2 is 0.617 bits per heavy atom. The number of fused-ring (bicyclic) bond motifs is 6. The molecular weight excluding hydrogens is 733 g/mol. The molecule has 0 bridgehead atoms. The predicted octanol–water partition coefficient (Wildman–Crippen LogP) is 13.6. The summed E-state index contributed by atoms with van der Waals surface area (Å²) in [6, 6.07) is 0. The number of nitrogens with zero attached hydrogens (tertiary/aromatic N) is 6. The van der Waals surface area contributed by atoms with Crippen molar-refractivity contribution in [2.24, 2.45) is 27.0 Å². The van der Waals surface area contributed by atoms with Gasteiger partial charge < -0.3 is 4.57 Å². The standard InChI is InChI=1S/C27H32N3.C27H31N3/c2*1-12-13(2)15(4)21-17(6)23-19(8)25-24(26(28-9)30(11)27(25)29-10)18(7)22(23)16(5)20(21)14(12)3/h9H2,1-8,10-11H3;9-10H2,1-8,11H3/q+1;. The molecule has 2 heterocycles. The third kappa shape index (κ3) is 5.21. The second-order valence-corrected chi connectivity index (χ2v) is 17.6. The molecular formula is C54H63N6+. The summed E-state index contributed by atoms with van der Waals surface area (Å²) in [7, 11) is 5.89. The van der Waals surface area contributed by atoms with Crippen molar-refractivity contribution in [2.45, 2.75) is 111 Å². The molecule has 7 aromatic rings. The van der Waals surface area contributed by atoms with Gasteiger partial charge in [0.2, 0.25) is 0 Å². The lowest BCUT2D eigenvalue weighted by Gasteiger charge is -2.23. The van der Waals surface area contributed by atoms with Gasteiger partial charge in [0.1, 0.15) is 11.6 Å². The van der Waals surface area contributed by atoms with E-state index < -0.39 is 0 Å². The van der Waals surface area contributed by atoms with Gasteiger partial charge in [0.25, 0.3) is 11.7 Å². The SMILES string of the molecule is C=NC1=[N+](C)C(=NC)c2c1c(C)c1c(C)c3c(C)c(C)c(C)c(C)c3c(C)c1c2C.C=Nc1c2c(C)c3c(C)c4c(C)c(C)c(C)c(C)c4c(C)c3c(C)c2c(N=C)n1C. The summed E-state index contributed by atoms with van der Waals surface area (Å²) in [4.78, 5) is 17.8. The maximum atomic E-state index is 4.62. The zero-order valence-corrected chi connectivity index (χ0v) is 39.8. The van der Waals surface area contributed by atoms with Crippen LogP contribution in [0, 0.1) is 111 Å². The van der Waals surface area contributed by atoms with E-state index in [0.29, 0.717) is 0 Å². The molecule has 1 aliphatic rings. The van der Waals surface area contributed by atoms with Crippen molar-refractivity contribution >= 4 is 97.3 Å². The van der Waals surface area contributed by atoms with Crippen molar-refractivity contribution in [3.8, 4) is 0 Å². The fourth-order valence-corrected chi connectivity index (χ4v) is 11.7. The minimum Gasteiger partial charge on any atom is -0.313 e. The number of amidine groups is 2. The molecule has 1 aromatic heterocycles. The molecule has 0 saturated carbocycles. The van der Waals surface area contributed by atoms with Crippen molar-refractivity contribution in [3.05, 3.63) is 100 Å². The first-order chi connectivity index (χ1) is 28.2. The fraction of sp³-hybridized carbons (Fsp3) is 0.352. The van der Waals surface area contributed by atoms with Crippen LogP contribution in [-0.2, 0) is 7.05 Å². The third-order valence-electron chi connectivity index (χ3n) is 15.2. The van der Waals surface area contributed by atoms with Gasteiger partial charge in [-0.15, -0.1) is 9.98 Å². The van der Waals surface area contributed by atoms with Crippen LogP contribution in [0.3, 0.4) is 0 Å². The lowest BCUT2D eigenvalue weighted by Crippen LogP contribution is -2.16. The Labute approximate surface area is 357 Å². The van der Waals surface area contributed by atoms with Crippen LogP contribution in [0.1, 0.15) is 100 Å². The summed E-state index contributed by atoms with van der Waals surface area (Å²) in [5.41, 5.74) is 24.0. The van der Waals surface area contributed by atoms with Gasteiger partial charge in [-0.25, -0.2) is 14.6 Å². The van der Waals surface area contributed by atoms with Crippen molar-refractivity contribution in [2.75, 3.05) is 14.1 Å². The Hall–Kier alpha value is -5.75. The minimum atomic E-state index is 0.861. The summed E-state index contributed by atoms with van der Waals surface area (Å²) in [5, 5.41) is 13.3. The Morgan fingerprint density at radius 3 is 0.900 bits per heavy atom. The third-order valence-corrected chi connectivity index (χ3v) is 15.2. The highest BCUT2D eigenvalue weighted by atomic mass is 15.1. The normalized spacial score (nSPS) is 13.4. The van der Waals surface area contributed by atoms with E-state index in [-0.39, 0.29) is 0 Å². The quantitative estimate of drug-likeness (QED) is 0.0951. The smallest absolute Gasteiger partial charge is 0.270 e. The first-order valence-electron chi connectivity index (χ1n) is 21.1. The molecule has 0 fully saturated rings. The highest BCUT2D eigenvalue weighted by molar-refractivity contribution is 6.23. The minimum absolute atomic E-state index is 0.861. The number of aromatic nitrogens is 1. The molecule has 0 atom stereocenters. The summed E-state index contributed by atoms with van der Waals surface area (Å²) in [5.74, 6) is 3.60. The van der Waals surface area contributed by atoms with Crippen LogP contribution in [-0.4, -0.2) is 55.1 Å². The Balaban J connectivity index is 0.000000181. The van der Waals surface area contributed by atoms with Gasteiger partial charge >= 0.3 is 0 Å². The zero-order valence-electron chi connectivity index (χ0n) is 39.8. The van der Waals surface area contributed by atoms with Crippen molar-refractivity contribution in [1.29, 1.82) is 0 Å². The van der Waals surface area contributed by atoms with Gasteiger partial charge in [0.15, 0.2) is 0 Å². The van der Waals surface area contributed by atoms with Crippen LogP contribution in [0.25, 0.3) is 53.9 Å². The number of rotatable bonds is 2. The Kier molecular flexibility index (Phi) is 10.2. The highest BCUT2D eigenvalue weighted by Crippen LogP contribution is 2.49. The second kappa shape index (κ2) is 14.5. The van der Waals surface area contributed by atoms with Crippen molar-refractivity contribution in [3.63, 3.8) is 0 Å². The monoisotopic (exact) mass is 796 g/mol. The van der Waals surface area contributed by atoms with Crippen LogP contribution in [0.4, 0.5) is 11.6 Å². The van der Waals surface area contributed by atoms with Crippen LogP contribution in [0.2, 0.25) is 0 Å². The molecule has 308 valence electrons. The average molecular weight is 796 g/mol. The Bertz CT molecular complexity index is 3160. The molecule has 0 amide bonds. The van der Waals surface area contributed by atoms with Gasteiger partial charge in [-0.1, -0.05) is 0 Å². The summed E-state index contributed by atoms with van der Waals surface area (Å²) in [6.45, 7) is 47.7. The molecule has 6 nitrogen and oxygen atoms in total. The maximum absolute atomic E-state index is 4.62. The molecule has 8 rings (SSSR count). The number of hydrogen-bond acceptors (Lipinski definition) is 4. The first-order valence-corrected chi connectivity index (χ1v) is 21.1. The number of aryl methyl sites for hydroxylation is 12. The molecule has 1 aliphatic heterocycles. The van der Waals surface area contributed by atoms with E-state index in [0.717, 1.165) is 34.1 Å². The summed E-state index contributed by atoms with van der Waals surface area (Å²) >= 11 is 0. The van der Waals surface area contributed by atoms with E-state index in [1.54, 1.807) is 0 Å². The zero-order chi connectivity index (χ0) is 44.5. The van der Waals surface area contributed by atoms with Crippen LogP contribution in [0.5, 0.6) is 0 Å². The lowest BCUT2D eigenvalue weighted by atomic mass is 9.80. The molecule has 6 heteroatoms. The molecule has 0 N–H and O–H groups in total. The Morgan fingerprint density at radius 1 is 0.350 bits per heavy atom. The maximum Gasteiger partial charge on any atom is 0.270 e. The van der Waals surface area contributed by atoms with Gasteiger partial charge in [0.05, 0.1) is 31.9 Å².